The van der Waals surface area contributed by atoms with Gasteiger partial charge in [0.15, 0.2) is 0 Å². The first-order valence-corrected chi connectivity index (χ1v) is 10.7. The van der Waals surface area contributed by atoms with Crippen molar-refractivity contribution >= 4 is 12.0 Å². The molecule has 1 aliphatic carbocycles. The van der Waals surface area contributed by atoms with Crippen molar-refractivity contribution in [3.63, 3.8) is 0 Å². The molecule has 2 atom stereocenters. The van der Waals surface area contributed by atoms with Crippen LogP contribution in [0.4, 0.5) is 4.79 Å². The topological polar surface area (TPSA) is 64.4 Å². The summed E-state index contributed by atoms with van der Waals surface area (Å²) in [7, 11) is 0. The number of amides is 2. The van der Waals surface area contributed by atoms with Crippen molar-refractivity contribution < 1.29 is 14.3 Å². The van der Waals surface area contributed by atoms with Crippen molar-refractivity contribution in [1.29, 1.82) is 0 Å². The lowest BCUT2D eigenvalue weighted by Gasteiger charge is -2.35. The van der Waals surface area contributed by atoms with Crippen LogP contribution in [0.5, 0.6) is 0 Å². The molecule has 0 radical (unpaired) electrons. The van der Waals surface area contributed by atoms with Crippen LogP contribution in [0.2, 0.25) is 0 Å². The van der Waals surface area contributed by atoms with Gasteiger partial charge < -0.3 is 9.30 Å². The Kier molecular flexibility index (Phi) is 6.15. The third-order valence-electron chi connectivity index (χ3n) is 5.93. The smallest absolute Gasteiger partial charge is 0.417 e. The lowest BCUT2D eigenvalue weighted by Crippen LogP contribution is -2.50. The second-order valence-electron chi connectivity index (χ2n) is 9.90. The average molecular weight is 390 g/mol. The number of ether oxygens (including phenoxy) is 1. The van der Waals surface area contributed by atoms with Gasteiger partial charge >= 0.3 is 6.09 Å². The maximum absolute atomic E-state index is 12.9. The summed E-state index contributed by atoms with van der Waals surface area (Å²) in [4.78, 5) is 31.3. The van der Waals surface area contributed by atoms with Crippen molar-refractivity contribution in [2.45, 2.75) is 84.8 Å². The molecule has 6 heteroatoms. The number of carbonyl (C=O) groups is 2. The molecule has 1 aromatic rings. The van der Waals surface area contributed by atoms with Gasteiger partial charge in [-0.05, 0) is 64.7 Å². The number of hydrogen-bond acceptors (Lipinski definition) is 4. The predicted molar refractivity (Wildman–Crippen MR) is 108 cm³/mol. The Balaban J connectivity index is 1.65. The Morgan fingerprint density at radius 2 is 1.86 bits per heavy atom. The highest BCUT2D eigenvalue weighted by Gasteiger charge is 2.38. The molecule has 0 bridgehead atoms. The Hall–Kier alpha value is -1.85. The van der Waals surface area contributed by atoms with Gasteiger partial charge in [0.2, 0.25) is 5.91 Å². The monoisotopic (exact) mass is 389 g/mol. The van der Waals surface area contributed by atoms with E-state index >= 15 is 0 Å². The number of imide groups is 1. The number of likely N-dealkylation sites (tertiary alicyclic amines) is 1. The van der Waals surface area contributed by atoms with E-state index in [0.29, 0.717) is 19.0 Å². The van der Waals surface area contributed by atoms with Crippen molar-refractivity contribution in [3.8, 4) is 0 Å². The predicted octanol–water partition coefficient (Wildman–Crippen LogP) is 4.60. The van der Waals surface area contributed by atoms with Gasteiger partial charge in [0.05, 0.1) is 12.0 Å². The molecule has 1 aliphatic heterocycles. The van der Waals surface area contributed by atoms with Crippen LogP contribution in [-0.2, 0) is 16.0 Å². The fourth-order valence-electron chi connectivity index (χ4n) is 4.41. The van der Waals surface area contributed by atoms with Gasteiger partial charge in [-0.15, -0.1) is 0 Å². The van der Waals surface area contributed by atoms with Crippen molar-refractivity contribution in [1.82, 2.24) is 14.5 Å². The van der Waals surface area contributed by atoms with Crippen molar-refractivity contribution in [2.24, 2.45) is 17.8 Å². The fourth-order valence-corrected chi connectivity index (χ4v) is 4.41. The van der Waals surface area contributed by atoms with E-state index in [4.69, 9.17) is 4.74 Å². The van der Waals surface area contributed by atoms with Gasteiger partial charge in [0.1, 0.15) is 5.60 Å². The highest BCUT2D eigenvalue weighted by molar-refractivity contribution is 5.94. The average Bonchev–Trinajstić information content (AvgIpc) is 3.05. The van der Waals surface area contributed by atoms with Crippen LogP contribution in [-0.4, -0.2) is 38.6 Å². The number of imidazole rings is 1. The van der Waals surface area contributed by atoms with E-state index in [1.54, 1.807) is 0 Å². The summed E-state index contributed by atoms with van der Waals surface area (Å²) in [5.74, 6) is 0.732. The van der Waals surface area contributed by atoms with E-state index in [9.17, 15) is 9.59 Å². The van der Waals surface area contributed by atoms with Gasteiger partial charge in [-0.2, -0.15) is 0 Å². The molecule has 0 N–H and O–H groups in total. The first-order chi connectivity index (χ1) is 13.1. The Bertz CT molecular complexity index is 698. The number of aromatic nitrogens is 2. The molecular weight excluding hydrogens is 354 g/mol. The van der Waals surface area contributed by atoms with E-state index in [2.05, 4.69) is 29.6 Å². The van der Waals surface area contributed by atoms with Crippen LogP contribution in [0.15, 0.2) is 12.5 Å². The third-order valence-corrected chi connectivity index (χ3v) is 5.93. The summed E-state index contributed by atoms with van der Waals surface area (Å²) in [6.07, 6.45) is 9.78. The third kappa shape index (κ3) is 5.15. The van der Waals surface area contributed by atoms with E-state index in [1.165, 1.54) is 30.6 Å². The van der Waals surface area contributed by atoms with Gasteiger partial charge in [0, 0.05) is 31.1 Å². The van der Waals surface area contributed by atoms with Gasteiger partial charge in [-0.25, -0.2) is 14.7 Å². The minimum atomic E-state index is -0.607. The minimum Gasteiger partial charge on any atom is -0.443 e. The maximum Gasteiger partial charge on any atom is 0.417 e. The van der Waals surface area contributed by atoms with Crippen LogP contribution < -0.4 is 0 Å². The molecule has 2 aliphatic rings. The van der Waals surface area contributed by atoms with E-state index in [-0.39, 0.29) is 17.7 Å². The van der Waals surface area contributed by atoms with Gasteiger partial charge in [-0.3, -0.25) is 4.79 Å². The number of rotatable bonds is 3. The summed E-state index contributed by atoms with van der Waals surface area (Å²) in [6.45, 7) is 10.3. The number of nitrogens with zero attached hydrogens (tertiary/aromatic N) is 3. The first-order valence-electron chi connectivity index (χ1n) is 10.7. The summed E-state index contributed by atoms with van der Waals surface area (Å²) in [5.41, 5.74) is 0.333. The molecule has 1 saturated heterocycles. The van der Waals surface area contributed by atoms with Crippen molar-refractivity contribution in [3.05, 3.63) is 18.2 Å². The summed E-state index contributed by atoms with van der Waals surface area (Å²) in [6, 6.07) is 0.525. The largest absolute Gasteiger partial charge is 0.443 e. The zero-order valence-corrected chi connectivity index (χ0v) is 18.0. The Morgan fingerprint density at radius 1 is 1.18 bits per heavy atom. The normalized spacial score (nSPS) is 29.0. The number of hydrogen-bond donors (Lipinski definition) is 0. The minimum absolute atomic E-state index is 0.131. The molecular formula is C22H35N3O3. The SMILES string of the molecule is CC1CCC(n2cnc(CC3C[C@@H](C)CN(C(=O)OC(C)(C)C)C3=O)c2)CC1. The number of carbonyl (C=O) groups excluding carboxylic acids is 2. The molecule has 1 aromatic heterocycles. The van der Waals surface area contributed by atoms with Crippen LogP contribution in [0.25, 0.3) is 0 Å². The highest BCUT2D eigenvalue weighted by Crippen LogP contribution is 2.32. The van der Waals surface area contributed by atoms with Crippen molar-refractivity contribution in [2.75, 3.05) is 6.54 Å². The van der Waals surface area contributed by atoms with E-state index in [0.717, 1.165) is 18.0 Å². The van der Waals surface area contributed by atoms with Crippen LogP contribution in [0.1, 0.15) is 78.5 Å². The Morgan fingerprint density at radius 3 is 2.50 bits per heavy atom. The molecule has 156 valence electrons. The first kappa shape index (κ1) is 20.9. The molecule has 28 heavy (non-hydrogen) atoms. The lowest BCUT2D eigenvalue weighted by atomic mass is 9.86. The summed E-state index contributed by atoms with van der Waals surface area (Å²) < 4.78 is 7.66. The standard InChI is InChI=1S/C22H35N3O3/c1-15-6-8-19(9-7-15)24-13-18(23-14-24)11-17-10-16(2)12-25(20(17)26)21(27)28-22(3,4)5/h13-17,19H,6-12H2,1-5H3/t15?,16-,17?,19?/m1/s1. The molecule has 0 aromatic carbocycles. The second-order valence-corrected chi connectivity index (χ2v) is 9.90. The van der Waals surface area contributed by atoms with Crippen LogP contribution in [0, 0.1) is 17.8 Å². The quantitative estimate of drug-likeness (QED) is 0.758. The van der Waals surface area contributed by atoms with E-state index in [1.807, 2.05) is 27.1 Å². The highest BCUT2D eigenvalue weighted by atomic mass is 16.6. The molecule has 2 fully saturated rings. The fraction of sp³-hybridized carbons (Fsp3) is 0.773. The zero-order chi connectivity index (χ0) is 20.5. The molecule has 2 amide bonds. The molecule has 2 heterocycles. The summed E-state index contributed by atoms with van der Waals surface area (Å²) >= 11 is 0. The molecule has 1 unspecified atom stereocenters. The lowest BCUT2D eigenvalue weighted by molar-refractivity contribution is -0.138. The molecule has 6 nitrogen and oxygen atoms in total. The summed E-state index contributed by atoms with van der Waals surface area (Å²) in [5, 5.41) is 0. The van der Waals surface area contributed by atoms with Gasteiger partial charge in [-0.1, -0.05) is 13.8 Å². The molecule has 1 saturated carbocycles. The van der Waals surface area contributed by atoms with Gasteiger partial charge in [0.25, 0.3) is 0 Å². The maximum atomic E-state index is 12.9. The molecule has 3 rings (SSSR count). The molecule has 0 spiro atoms. The second kappa shape index (κ2) is 8.26. The van der Waals surface area contributed by atoms with E-state index < -0.39 is 11.7 Å². The van der Waals surface area contributed by atoms with Crippen LogP contribution >= 0.6 is 0 Å². The van der Waals surface area contributed by atoms with Crippen LogP contribution in [0.3, 0.4) is 0 Å². The Labute approximate surface area is 168 Å². The number of piperidine rings is 1. The zero-order valence-electron chi connectivity index (χ0n) is 18.0.